The van der Waals surface area contributed by atoms with Crippen LogP contribution in [0.5, 0.6) is 0 Å². The van der Waals surface area contributed by atoms with Gasteiger partial charge in [0.1, 0.15) is 6.29 Å². The third-order valence-corrected chi connectivity index (χ3v) is 3.02. The van der Waals surface area contributed by atoms with Crippen molar-refractivity contribution in [3.05, 3.63) is 59.8 Å². The Morgan fingerprint density at radius 3 is 2.62 bits per heavy atom. The predicted molar refractivity (Wildman–Crippen MR) is 90.7 cm³/mol. The highest BCUT2D eigenvalue weighted by atomic mass is 16.1. The average molecular weight is 284 g/mol. The lowest BCUT2D eigenvalue weighted by Crippen LogP contribution is -2.06. The lowest BCUT2D eigenvalue weighted by molar-refractivity contribution is -0.107. The van der Waals surface area contributed by atoms with Gasteiger partial charge < -0.3 is 15.8 Å². The first-order chi connectivity index (χ1) is 10.3. The molecule has 1 aromatic rings. The van der Waals surface area contributed by atoms with Gasteiger partial charge >= 0.3 is 0 Å². The van der Waals surface area contributed by atoms with Crippen molar-refractivity contribution >= 4 is 18.0 Å². The zero-order valence-corrected chi connectivity index (χ0v) is 12.6. The fourth-order valence-corrected chi connectivity index (χ4v) is 1.74. The Bertz CT molecular complexity index is 498. The molecule has 3 heteroatoms. The van der Waals surface area contributed by atoms with Gasteiger partial charge in [0.25, 0.3) is 0 Å². The van der Waals surface area contributed by atoms with Gasteiger partial charge in [0.2, 0.25) is 0 Å². The molecule has 0 radical (unpaired) electrons. The second kappa shape index (κ2) is 10.5. The highest BCUT2D eigenvalue weighted by molar-refractivity contribution is 5.57. The molecule has 0 saturated carbocycles. The zero-order chi connectivity index (χ0) is 15.3. The summed E-state index contributed by atoms with van der Waals surface area (Å²) in [6.45, 7) is 2.90. The van der Waals surface area contributed by atoms with Gasteiger partial charge in [0.15, 0.2) is 0 Å². The van der Waals surface area contributed by atoms with Crippen LogP contribution in [0.1, 0.15) is 31.7 Å². The van der Waals surface area contributed by atoms with Gasteiger partial charge in [-0.3, -0.25) is 0 Å². The summed E-state index contributed by atoms with van der Waals surface area (Å²) < 4.78 is 0. The smallest absolute Gasteiger partial charge is 0.119 e. The van der Waals surface area contributed by atoms with E-state index in [0.717, 1.165) is 42.5 Å². The molecule has 0 aliphatic carbocycles. The molecule has 3 N–H and O–H groups in total. The number of allylic oxidation sites excluding steroid dienone is 4. The second-order valence-electron chi connectivity index (χ2n) is 4.74. The summed E-state index contributed by atoms with van der Waals surface area (Å²) >= 11 is 0. The van der Waals surface area contributed by atoms with Crippen LogP contribution in [0.25, 0.3) is 6.08 Å². The molecule has 0 unspecified atom stereocenters. The molecule has 0 bridgehead atoms. The van der Waals surface area contributed by atoms with E-state index in [1.807, 2.05) is 43.5 Å². The van der Waals surface area contributed by atoms with Crippen LogP contribution in [-0.4, -0.2) is 12.8 Å². The Morgan fingerprint density at radius 2 is 1.95 bits per heavy atom. The van der Waals surface area contributed by atoms with E-state index in [0.29, 0.717) is 6.42 Å². The summed E-state index contributed by atoms with van der Waals surface area (Å²) in [5.74, 6) is 0. The number of carbonyl (C=O) groups is 1. The second-order valence-corrected chi connectivity index (χ2v) is 4.74. The summed E-state index contributed by atoms with van der Waals surface area (Å²) in [7, 11) is 0. The predicted octanol–water partition coefficient (Wildman–Crippen LogP) is 3.70. The molecule has 3 nitrogen and oxygen atoms in total. The number of benzene rings is 1. The Hall–Kier alpha value is -2.29. The number of nitrogens with one attached hydrogen (secondary N) is 1. The monoisotopic (exact) mass is 284 g/mol. The largest absolute Gasteiger partial charge is 0.399 e. The molecule has 0 aromatic heterocycles. The highest BCUT2D eigenvalue weighted by Gasteiger charge is 1.89. The molecule has 21 heavy (non-hydrogen) atoms. The van der Waals surface area contributed by atoms with Gasteiger partial charge in [-0.1, -0.05) is 30.4 Å². The molecule has 0 spiro atoms. The van der Waals surface area contributed by atoms with E-state index >= 15 is 0 Å². The number of hydrogen-bond acceptors (Lipinski definition) is 3. The Balaban J connectivity index is 2.37. The Labute approximate surface area is 127 Å². The highest BCUT2D eigenvalue weighted by Crippen LogP contribution is 2.09. The minimum atomic E-state index is 0.649. The van der Waals surface area contributed by atoms with E-state index in [2.05, 4.69) is 23.5 Å². The molecule has 0 atom stereocenters. The van der Waals surface area contributed by atoms with Crippen molar-refractivity contribution in [1.29, 1.82) is 0 Å². The van der Waals surface area contributed by atoms with Crippen LogP contribution < -0.4 is 11.1 Å². The van der Waals surface area contributed by atoms with E-state index in [1.54, 1.807) is 0 Å². The lowest BCUT2D eigenvalue weighted by Gasteiger charge is -1.99. The maximum Gasteiger partial charge on any atom is 0.119 e. The van der Waals surface area contributed by atoms with Crippen molar-refractivity contribution in [1.82, 2.24) is 5.32 Å². The third kappa shape index (κ3) is 7.78. The Morgan fingerprint density at radius 1 is 1.19 bits per heavy atom. The van der Waals surface area contributed by atoms with E-state index in [-0.39, 0.29) is 0 Å². The summed E-state index contributed by atoms with van der Waals surface area (Å²) in [5.41, 5.74) is 8.69. The first-order valence-electron chi connectivity index (χ1n) is 7.29. The molecule has 0 aliphatic heterocycles. The van der Waals surface area contributed by atoms with E-state index < -0.39 is 0 Å². The van der Waals surface area contributed by atoms with Crippen molar-refractivity contribution < 1.29 is 4.79 Å². The minimum absolute atomic E-state index is 0.649. The average Bonchev–Trinajstić information content (AvgIpc) is 2.51. The van der Waals surface area contributed by atoms with Crippen molar-refractivity contribution in [3.8, 4) is 0 Å². The maximum absolute atomic E-state index is 10.2. The number of hydrogen-bond donors (Lipinski definition) is 2. The first kappa shape index (κ1) is 16.8. The molecule has 1 rings (SSSR count). The van der Waals surface area contributed by atoms with Gasteiger partial charge in [-0.25, -0.2) is 0 Å². The van der Waals surface area contributed by atoms with Crippen LogP contribution in [0.3, 0.4) is 0 Å². The molecule has 112 valence electrons. The van der Waals surface area contributed by atoms with Crippen molar-refractivity contribution in [2.24, 2.45) is 0 Å². The van der Waals surface area contributed by atoms with Gasteiger partial charge in [-0.2, -0.15) is 0 Å². The molecule has 0 aliphatic rings. The molecule has 0 saturated heterocycles. The molecule has 1 aromatic carbocycles. The van der Waals surface area contributed by atoms with Crippen molar-refractivity contribution in [3.63, 3.8) is 0 Å². The standard InChI is InChI=1S/C18H24N2O/c1-2-16(12-14-20-13-4-3-5-15-21)6-7-17-8-10-18(19)11-9-17/h2,6-12,14-15,20H,3-5,13,19H2,1H3/b7-6+,14-12-,16-2-. The fourth-order valence-electron chi connectivity index (χ4n) is 1.74. The number of anilines is 1. The summed E-state index contributed by atoms with van der Waals surface area (Å²) in [5, 5.41) is 3.23. The van der Waals surface area contributed by atoms with E-state index in [9.17, 15) is 4.79 Å². The van der Waals surface area contributed by atoms with Crippen LogP contribution in [0, 0.1) is 0 Å². The topological polar surface area (TPSA) is 55.1 Å². The van der Waals surface area contributed by atoms with Crippen LogP contribution >= 0.6 is 0 Å². The van der Waals surface area contributed by atoms with E-state index in [4.69, 9.17) is 5.73 Å². The fraction of sp³-hybridized carbons (Fsp3) is 0.278. The lowest BCUT2D eigenvalue weighted by atomic mass is 10.1. The zero-order valence-electron chi connectivity index (χ0n) is 12.6. The SMILES string of the molecule is C/C=C(\C=C/NCCCCC=O)/C=C/c1ccc(N)cc1. The number of carbonyl (C=O) groups excluding carboxylic acids is 1. The normalized spacial score (nSPS) is 12.1. The molecular weight excluding hydrogens is 260 g/mol. The number of nitrogens with two attached hydrogens (primary N) is 1. The van der Waals surface area contributed by atoms with Crippen molar-refractivity contribution in [2.45, 2.75) is 26.2 Å². The summed E-state index contributed by atoms with van der Waals surface area (Å²) in [4.78, 5) is 10.2. The number of aldehydes is 1. The number of nitrogen functional groups attached to an aromatic ring is 1. The molecule has 0 heterocycles. The van der Waals surface area contributed by atoms with Gasteiger partial charge in [0.05, 0.1) is 0 Å². The maximum atomic E-state index is 10.2. The molecule has 0 amide bonds. The Kier molecular flexibility index (Phi) is 8.38. The quantitative estimate of drug-likeness (QED) is 0.315. The third-order valence-electron chi connectivity index (χ3n) is 3.02. The number of unbranched alkanes of at least 4 members (excludes halogenated alkanes) is 2. The summed E-state index contributed by atoms with van der Waals surface area (Å²) in [6, 6.07) is 7.78. The van der Waals surface area contributed by atoms with Crippen molar-refractivity contribution in [2.75, 3.05) is 12.3 Å². The minimum Gasteiger partial charge on any atom is -0.399 e. The van der Waals surface area contributed by atoms with Crippen LogP contribution in [0.15, 0.2) is 54.3 Å². The van der Waals surface area contributed by atoms with Gasteiger partial charge in [-0.15, -0.1) is 0 Å². The summed E-state index contributed by atoms with van der Waals surface area (Å²) in [6.07, 6.45) is 13.7. The first-order valence-corrected chi connectivity index (χ1v) is 7.29. The van der Waals surface area contributed by atoms with Crippen LogP contribution in [0.4, 0.5) is 5.69 Å². The molecule has 0 fully saturated rings. The van der Waals surface area contributed by atoms with Gasteiger partial charge in [0, 0.05) is 18.7 Å². The van der Waals surface area contributed by atoms with Crippen LogP contribution in [0.2, 0.25) is 0 Å². The van der Waals surface area contributed by atoms with E-state index in [1.165, 1.54) is 0 Å². The molecular formula is C18H24N2O. The van der Waals surface area contributed by atoms with Crippen LogP contribution in [-0.2, 0) is 4.79 Å². The van der Waals surface area contributed by atoms with Gasteiger partial charge in [-0.05, 0) is 55.3 Å². The number of rotatable bonds is 9.